The molecule has 3 aromatic rings. The first-order chi connectivity index (χ1) is 15.3. The van der Waals surface area contributed by atoms with Crippen LogP contribution in [0.25, 0.3) is 0 Å². The highest BCUT2D eigenvalue weighted by Gasteiger charge is 2.13. The third kappa shape index (κ3) is 6.04. The SMILES string of the molecule is CC(C)c1ccc(OCC(=O)NNC(=O)c2cccn(Cc3ccc(F)cc3)c2=O)cc1. The van der Waals surface area contributed by atoms with Crippen LogP contribution in [0.4, 0.5) is 4.39 Å². The summed E-state index contributed by atoms with van der Waals surface area (Å²) in [6, 6.07) is 16.0. The van der Waals surface area contributed by atoms with E-state index in [2.05, 4.69) is 24.7 Å². The fourth-order valence-electron chi connectivity index (χ4n) is 2.95. The molecule has 1 aromatic heterocycles. The van der Waals surface area contributed by atoms with Crippen LogP contribution in [-0.4, -0.2) is 23.0 Å². The Bertz CT molecular complexity index is 1140. The number of carbonyl (C=O) groups is 2. The van der Waals surface area contributed by atoms with Crippen molar-refractivity contribution in [3.8, 4) is 5.75 Å². The van der Waals surface area contributed by atoms with Gasteiger partial charge in [0.2, 0.25) is 0 Å². The molecule has 2 aromatic carbocycles. The Kier molecular flexibility index (Phi) is 7.38. The van der Waals surface area contributed by atoms with Gasteiger partial charge in [-0.05, 0) is 53.4 Å². The van der Waals surface area contributed by atoms with Gasteiger partial charge in [-0.3, -0.25) is 25.2 Å². The number of rotatable bonds is 7. The maximum atomic E-state index is 13.1. The molecule has 0 aliphatic rings. The molecule has 1 heterocycles. The summed E-state index contributed by atoms with van der Waals surface area (Å²) in [5.41, 5.74) is 5.63. The minimum Gasteiger partial charge on any atom is -0.484 e. The first-order valence-electron chi connectivity index (χ1n) is 10.1. The zero-order valence-corrected chi connectivity index (χ0v) is 17.8. The molecular weight excluding hydrogens is 413 g/mol. The molecule has 0 bridgehead atoms. The van der Waals surface area contributed by atoms with E-state index >= 15 is 0 Å². The van der Waals surface area contributed by atoms with Gasteiger partial charge in [-0.25, -0.2) is 4.39 Å². The topological polar surface area (TPSA) is 89.4 Å². The first-order valence-corrected chi connectivity index (χ1v) is 10.1. The molecule has 2 N–H and O–H groups in total. The number of pyridine rings is 1. The predicted molar refractivity (Wildman–Crippen MR) is 118 cm³/mol. The minimum absolute atomic E-state index is 0.139. The summed E-state index contributed by atoms with van der Waals surface area (Å²) in [5.74, 6) is -0.781. The number of ether oxygens (including phenoxy) is 1. The zero-order valence-electron chi connectivity index (χ0n) is 17.8. The fourth-order valence-corrected chi connectivity index (χ4v) is 2.95. The van der Waals surface area contributed by atoms with E-state index in [1.807, 2.05) is 12.1 Å². The summed E-state index contributed by atoms with van der Waals surface area (Å²) in [6.45, 7) is 4.04. The summed E-state index contributed by atoms with van der Waals surface area (Å²) in [4.78, 5) is 37.0. The number of nitrogens with zero attached hydrogens (tertiary/aromatic N) is 1. The average Bonchev–Trinajstić information content (AvgIpc) is 2.79. The van der Waals surface area contributed by atoms with Gasteiger partial charge in [0.05, 0.1) is 6.54 Å². The summed E-state index contributed by atoms with van der Waals surface area (Å²) < 4.78 is 19.8. The van der Waals surface area contributed by atoms with Crippen molar-refractivity contribution in [2.24, 2.45) is 0 Å². The minimum atomic E-state index is -0.752. The zero-order chi connectivity index (χ0) is 23.1. The molecule has 0 aliphatic heterocycles. The highest BCUT2D eigenvalue weighted by atomic mass is 19.1. The number of hydrazine groups is 1. The number of carbonyl (C=O) groups excluding carboxylic acids is 2. The Morgan fingerprint density at radius 2 is 1.69 bits per heavy atom. The molecular formula is C24H24FN3O4. The Morgan fingerprint density at radius 1 is 1.00 bits per heavy atom. The lowest BCUT2D eigenvalue weighted by atomic mass is 10.0. The van der Waals surface area contributed by atoms with Crippen molar-refractivity contribution < 1.29 is 18.7 Å². The molecule has 7 nitrogen and oxygen atoms in total. The molecule has 0 radical (unpaired) electrons. The molecule has 2 amide bonds. The standard InChI is InChI=1S/C24H24FN3O4/c1-16(2)18-7-11-20(12-8-18)32-15-22(29)26-27-23(30)21-4-3-13-28(24(21)31)14-17-5-9-19(25)10-6-17/h3-13,16H,14-15H2,1-2H3,(H,26,29)(H,27,30). The third-order valence-corrected chi connectivity index (χ3v) is 4.76. The largest absolute Gasteiger partial charge is 0.484 e. The van der Waals surface area contributed by atoms with Crippen molar-refractivity contribution in [2.75, 3.05) is 6.61 Å². The van der Waals surface area contributed by atoms with E-state index in [4.69, 9.17) is 4.74 Å². The van der Waals surface area contributed by atoms with Gasteiger partial charge in [-0.15, -0.1) is 0 Å². The van der Waals surface area contributed by atoms with E-state index in [0.717, 1.165) is 5.56 Å². The molecule has 8 heteroatoms. The molecule has 0 saturated heterocycles. The van der Waals surface area contributed by atoms with Crippen molar-refractivity contribution in [3.63, 3.8) is 0 Å². The molecule has 0 atom stereocenters. The van der Waals surface area contributed by atoms with Crippen molar-refractivity contribution in [2.45, 2.75) is 26.3 Å². The quantitative estimate of drug-likeness (QED) is 0.556. The van der Waals surface area contributed by atoms with E-state index < -0.39 is 17.4 Å². The first kappa shape index (κ1) is 22.7. The van der Waals surface area contributed by atoms with Crippen LogP contribution < -0.4 is 21.1 Å². The van der Waals surface area contributed by atoms with E-state index in [0.29, 0.717) is 17.2 Å². The lowest BCUT2D eigenvalue weighted by molar-refractivity contribution is -0.123. The molecule has 0 aliphatic carbocycles. The molecule has 166 valence electrons. The number of hydrogen-bond donors (Lipinski definition) is 2. The van der Waals surface area contributed by atoms with Crippen LogP contribution in [0, 0.1) is 5.82 Å². The van der Waals surface area contributed by atoms with Crippen molar-refractivity contribution in [1.82, 2.24) is 15.4 Å². The highest BCUT2D eigenvalue weighted by Crippen LogP contribution is 2.18. The predicted octanol–water partition coefficient (Wildman–Crippen LogP) is 3.00. The Labute approximate surface area is 184 Å². The van der Waals surface area contributed by atoms with Crippen LogP contribution in [0.1, 0.15) is 41.3 Å². The molecule has 32 heavy (non-hydrogen) atoms. The monoisotopic (exact) mass is 437 g/mol. The maximum Gasteiger partial charge on any atom is 0.276 e. The van der Waals surface area contributed by atoms with Crippen LogP contribution in [0.5, 0.6) is 5.75 Å². The van der Waals surface area contributed by atoms with Crippen molar-refractivity contribution in [1.29, 1.82) is 0 Å². The van der Waals surface area contributed by atoms with Gasteiger partial charge in [-0.1, -0.05) is 38.1 Å². The van der Waals surface area contributed by atoms with Crippen molar-refractivity contribution in [3.05, 3.63) is 99.7 Å². The van der Waals surface area contributed by atoms with Gasteiger partial charge in [0.25, 0.3) is 17.4 Å². The Hall–Kier alpha value is -3.94. The van der Waals surface area contributed by atoms with Gasteiger partial charge in [-0.2, -0.15) is 0 Å². The number of amides is 2. The lowest BCUT2D eigenvalue weighted by Crippen LogP contribution is -2.45. The van der Waals surface area contributed by atoms with E-state index in [1.165, 1.54) is 29.0 Å². The number of aromatic nitrogens is 1. The summed E-state index contributed by atoms with van der Waals surface area (Å²) >= 11 is 0. The van der Waals surface area contributed by atoms with Gasteiger partial charge in [0, 0.05) is 6.20 Å². The van der Waals surface area contributed by atoms with Crippen molar-refractivity contribution >= 4 is 11.8 Å². The molecule has 3 rings (SSSR count). The van der Waals surface area contributed by atoms with Crippen LogP contribution in [0.15, 0.2) is 71.7 Å². The second-order valence-electron chi connectivity index (χ2n) is 7.50. The van der Waals surface area contributed by atoms with Crippen LogP contribution in [-0.2, 0) is 11.3 Å². The molecule has 0 fully saturated rings. The number of halogens is 1. The van der Waals surface area contributed by atoms with Gasteiger partial charge >= 0.3 is 0 Å². The lowest BCUT2D eigenvalue weighted by Gasteiger charge is -2.11. The summed E-state index contributed by atoms with van der Waals surface area (Å²) in [6.07, 6.45) is 1.53. The number of nitrogens with one attached hydrogen (secondary N) is 2. The van der Waals surface area contributed by atoms with Crippen LogP contribution >= 0.6 is 0 Å². The van der Waals surface area contributed by atoms with E-state index in [-0.39, 0.29) is 24.5 Å². The van der Waals surface area contributed by atoms with E-state index in [9.17, 15) is 18.8 Å². The van der Waals surface area contributed by atoms with Gasteiger partial charge in [0.1, 0.15) is 17.1 Å². The maximum absolute atomic E-state index is 13.1. The summed E-state index contributed by atoms with van der Waals surface area (Å²) in [7, 11) is 0. The Morgan fingerprint density at radius 3 is 2.34 bits per heavy atom. The second-order valence-corrected chi connectivity index (χ2v) is 7.50. The third-order valence-electron chi connectivity index (χ3n) is 4.76. The molecule has 0 spiro atoms. The average molecular weight is 437 g/mol. The second kappa shape index (κ2) is 10.4. The molecule has 0 unspecified atom stereocenters. The van der Waals surface area contributed by atoms with Crippen LogP contribution in [0.3, 0.4) is 0 Å². The molecule has 0 saturated carbocycles. The van der Waals surface area contributed by atoms with Gasteiger partial charge in [0.15, 0.2) is 6.61 Å². The number of hydrogen-bond acceptors (Lipinski definition) is 4. The number of benzene rings is 2. The normalized spacial score (nSPS) is 10.6. The fraction of sp³-hybridized carbons (Fsp3) is 0.208. The van der Waals surface area contributed by atoms with Gasteiger partial charge < -0.3 is 9.30 Å². The Balaban J connectivity index is 1.54. The highest BCUT2D eigenvalue weighted by molar-refractivity contribution is 5.95. The smallest absolute Gasteiger partial charge is 0.276 e. The van der Waals surface area contributed by atoms with Crippen LogP contribution in [0.2, 0.25) is 0 Å². The summed E-state index contributed by atoms with van der Waals surface area (Å²) in [5, 5.41) is 0. The van der Waals surface area contributed by atoms with E-state index in [1.54, 1.807) is 30.3 Å².